The molecule has 3 N–H and O–H groups in total. The van der Waals surface area contributed by atoms with Gasteiger partial charge in [-0.3, -0.25) is 14.4 Å². The van der Waals surface area contributed by atoms with Crippen molar-refractivity contribution < 1.29 is 14.3 Å². The number of carbonyl (C=O) groups excluding carboxylic acids is 2. The fourth-order valence-electron chi connectivity index (χ4n) is 3.10. The van der Waals surface area contributed by atoms with E-state index >= 15 is 0 Å². The number of primary amides is 1. The van der Waals surface area contributed by atoms with E-state index in [1.807, 2.05) is 24.3 Å². The fourth-order valence-corrected chi connectivity index (χ4v) is 3.10. The van der Waals surface area contributed by atoms with Crippen molar-refractivity contribution in [2.75, 3.05) is 20.2 Å². The number of nitrogens with one attached hydrogen (secondary N) is 1. The van der Waals surface area contributed by atoms with E-state index in [2.05, 4.69) is 4.98 Å². The Balaban J connectivity index is 1.75. The third-order valence-corrected chi connectivity index (χ3v) is 4.47. The van der Waals surface area contributed by atoms with Gasteiger partial charge in [-0.15, -0.1) is 0 Å². The van der Waals surface area contributed by atoms with Crippen LogP contribution in [-0.4, -0.2) is 41.9 Å². The highest BCUT2D eigenvalue weighted by molar-refractivity contribution is 5.95. The van der Waals surface area contributed by atoms with Gasteiger partial charge in [0.05, 0.1) is 12.5 Å². The van der Waals surface area contributed by atoms with Crippen LogP contribution in [0.15, 0.2) is 47.3 Å². The number of aromatic amines is 1. The minimum Gasteiger partial charge on any atom is -0.497 e. The Hall–Kier alpha value is -3.09. The molecule has 2 heterocycles. The number of H-pyrrole nitrogens is 1. The third kappa shape index (κ3) is 3.26. The molecule has 2 amide bonds. The molecule has 0 radical (unpaired) electrons. The number of likely N-dealkylation sites (tertiary alicyclic amines) is 1. The smallest absolute Gasteiger partial charge is 0.270 e. The molecular weight excluding hydrogens is 322 g/mol. The summed E-state index contributed by atoms with van der Waals surface area (Å²) in [6.45, 7) is 0.435. The number of pyridine rings is 1. The Morgan fingerprint density at radius 3 is 2.60 bits per heavy atom. The molecule has 1 saturated heterocycles. The first-order chi connectivity index (χ1) is 11.9. The zero-order chi connectivity index (χ0) is 18.0. The molecule has 25 heavy (non-hydrogen) atoms. The molecule has 0 aliphatic carbocycles. The maximum absolute atomic E-state index is 12.4. The molecule has 1 fully saturated rings. The molecular formula is C18H19N3O4. The van der Waals surface area contributed by atoms with Crippen LogP contribution in [-0.2, 0) is 11.2 Å². The van der Waals surface area contributed by atoms with Crippen LogP contribution in [0.3, 0.4) is 0 Å². The molecule has 2 aromatic rings. The van der Waals surface area contributed by atoms with Crippen LogP contribution in [0, 0.1) is 5.41 Å². The zero-order valence-electron chi connectivity index (χ0n) is 13.8. The first-order valence-electron chi connectivity index (χ1n) is 7.85. The van der Waals surface area contributed by atoms with Crippen molar-refractivity contribution in [1.82, 2.24) is 9.88 Å². The van der Waals surface area contributed by atoms with E-state index < -0.39 is 11.3 Å². The standard InChI is InChI=1S/C18H19N3O4/c1-25-13-5-2-4-12(8-13)9-18(17(19)24)10-21(11-18)16(23)14-6-3-7-15(22)20-14/h2-8H,9-11H2,1H3,(H2,19,24)(H,20,22). The Morgan fingerprint density at radius 1 is 1.24 bits per heavy atom. The number of amides is 2. The van der Waals surface area contributed by atoms with Gasteiger partial charge in [-0.2, -0.15) is 0 Å². The molecule has 130 valence electrons. The first-order valence-corrected chi connectivity index (χ1v) is 7.85. The Bertz CT molecular complexity index is 868. The van der Waals surface area contributed by atoms with Gasteiger partial charge in [-0.25, -0.2) is 0 Å². The number of rotatable bonds is 5. The summed E-state index contributed by atoms with van der Waals surface area (Å²) in [5.74, 6) is -0.0626. The van der Waals surface area contributed by atoms with Gasteiger partial charge in [0.2, 0.25) is 11.5 Å². The van der Waals surface area contributed by atoms with Crippen molar-refractivity contribution in [3.05, 3.63) is 64.1 Å². The van der Waals surface area contributed by atoms with E-state index in [1.54, 1.807) is 7.11 Å². The second-order valence-electron chi connectivity index (χ2n) is 6.26. The van der Waals surface area contributed by atoms with Crippen molar-refractivity contribution in [3.63, 3.8) is 0 Å². The summed E-state index contributed by atoms with van der Waals surface area (Å²) >= 11 is 0. The van der Waals surface area contributed by atoms with Crippen molar-refractivity contribution in [2.45, 2.75) is 6.42 Å². The van der Waals surface area contributed by atoms with Crippen LogP contribution in [0.2, 0.25) is 0 Å². The minimum atomic E-state index is -0.808. The SMILES string of the molecule is COc1cccc(CC2(C(N)=O)CN(C(=O)c3cccc(=O)[nH]3)C2)c1. The van der Waals surface area contributed by atoms with Gasteiger partial charge in [0.25, 0.3) is 5.91 Å². The summed E-state index contributed by atoms with van der Waals surface area (Å²) in [4.78, 5) is 39.8. The number of aromatic nitrogens is 1. The molecule has 0 spiro atoms. The van der Waals surface area contributed by atoms with Crippen molar-refractivity contribution >= 4 is 11.8 Å². The van der Waals surface area contributed by atoms with Gasteiger partial charge in [-0.05, 0) is 30.2 Å². The molecule has 0 saturated carbocycles. The summed E-state index contributed by atoms with van der Waals surface area (Å²) in [6.07, 6.45) is 0.425. The molecule has 0 atom stereocenters. The van der Waals surface area contributed by atoms with Crippen molar-refractivity contribution in [2.24, 2.45) is 11.1 Å². The van der Waals surface area contributed by atoms with E-state index in [4.69, 9.17) is 10.5 Å². The molecule has 7 nitrogen and oxygen atoms in total. The van der Waals surface area contributed by atoms with Gasteiger partial charge in [0.1, 0.15) is 11.4 Å². The van der Waals surface area contributed by atoms with Crippen LogP contribution in [0.5, 0.6) is 5.75 Å². The second kappa shape index (κ2) is 6.43. The lowest BCUT2D eigenvalue weighted by molar-refractivity contribution is -0.135. The lowest BCUT2D eigenvalue weighted by Gasteiger charge is -2.48. The van der Waals surface area contributed by atoms with Crippen molar-refractivity contribution in [1.29, 1.82) is 0 Å². The summed E-state index contributed by atoms with van der Waals surface area (Å²) in [6, 6.07) is 11.8. The number of nitrogens with two attached hydrogens (primary N) is 1. The van der Waals surface area contributed by atoms with Gasteiger partial charge in [-0.1, -0.05) is 18.2 Å². The average Bonchev–Trinajstić information content (AvgIpc) is 2.57. The van der Waals surface area contributed by atoms with Crippen LogP contribution in [0.4, 0.5) is 0 Å². The molecule has 1 aromatic heterocycles. The summed E-state index contributed by atoms with van der Waals surface area (Å²) < 4.78 is 5.20. The van der Waals surface area contributed by atoms with Gasteiger partial charge < -0.3 is 20.4 Å². The summed E-state index contributed by atoms with van der Waals surface area (Å²) in [5, 5.41) is 0. The number of nitrogens with zero attached hydrogens (tertiary/aromatic N) is 1. The van der Waals surface area contributed by atoms with Crippen molar-refractivity contribution in [3.8, 4) is 5.75 Å². The highest BCUT2D eigenvalue weighted by Crippen LogP contribution is 2.35. The highest BCUT2D eigenvalue weighted by Gasteiger charge is 2.50. The van der Waals surface area contributed by atoms with Crippen LogP contribution in [0.1, 0.15) is 16.1 Å². The quantitative estimate of drug-likeness (QED) is 0.828. The van der Waals surface area contributed by atoms with E-state index in [1.165, 1.54) is 23.1 Å². The lowest BCUT2D eigenvalue weighted by atomic mass is 9.74. The number of carbonyl (C=O) groups is 2. The Labute approximate surface area is 144 Å². The van der Waals surface area contributed by atoms with Crippen LogP contribution in [0.25, 0.3) is 0 Å². The summed E-state index contributed by atoms with van der Waals surface area (Å²) in [7, 11) is 1.58. The predicted octanol–water partition coefficient (Wildman–Crippen LogP) is 0.554. The predicted molar refractivity (Wildman–Crippen MR) is 91.3 cm³/mol. The highest BCUT2D eigenvalue weighted by atomic mass is 16.5. The molecule has 0 bridgehead atoms. The average molecular weight is 341 g/mol. The zero-order valence-corrected chi connectivity index (χ0v) is 13.8. The maximum Gasteiger partial charge on any atom is 0.270 e. The van der Waals surface area contributed by atoms with E-state index in [0.29, 0.717) is 12.2 Å². The topological polar surface area (TPSA) is 105 Å². The number of hydrogen-bond acceptors (Lipinski definition) is 4. The number of hydrogen-bond donors (Lipinski definition) is 2. The monoisotopic (exact) mass is 341 g/mol. The Kier molecular flexibility index (Phi) is 4.31. The van der Waals surface area contributed by atoms with E-state index in [-0.39, 0.29) is 30.2 Å². The van der Waals surface area contributed by atoms with Crippen LogP contribution >= 0.6 is 0 Å². The van der Waals surface area contributed by atoms with Gasteiger partial charge in [0, 0.05) is 19.2 Å². The van der Waals surface area contributed by atoms with Crippen LogP contribution < -0.4 is 16.0 Å². The lowest BCUT2D eigenvalue weighted by Crippen LogP contribution is -2.65. The van der Waals surface area contributed by atoms with E-state index in [0.717, 1.165) is 5.56 Å². The number of benzene rings is 1. The molecule has 0 unspecified atom stereocenters. The van der Waals surface area contributed by atoms with E-state index in [9.17, 15) is 14.4 Å². The van der Waals surface area contributed by atoms with Gasteiger partial charge >= 0.3 is 0 Å². The Morgan fingerprint density at radius 2 is 1.96 bits per heavy atom. The maximum atomic E-state index is 12.4. The molecule has 7 heteroatoms. The summed E-state index contributed by atoms with van der Waals surface area (Å²) in [5.41, 5.74) is 5.57. The normalized spacial score (nSPS) is 15.3. The largest absolute Gasteiger partial charge is 0.497 e. The van der Waals surface area contributed by atoms with Gasteiger partial charge in [0.15, 0.2) is 0 Å². The molecule has 1 aliphatic rings. The molecule has 1 aliphatic heterocycles. The number of ether oxygens (including phenoxy) is 1. The number of methoxy groups -OCH3 is 1. The molecule has 3 rings (SSSR count). The first kappa shape index (κ1) is 16.8. The fraction of sp³-hybridized carbons (Fsp3) is 0.278. The molecule has 1 aromatic carbocycles. The second-order valence-corrected chi connectivity index (χ2v) is 6.26. The third-order valence-electron chi connectivity index (χ3n) is 4.47. The minimum absolute atomic E-state index is 0.201.